The van der Waals surface area contributed by atoms with E-state index in [-0.39, 0.29) is 18.2 Å². The molecule has 0 aromatic rings. The minimum atomic E-state index is -1.32. The first-order valence-corrected chi connectivity index (χ1v) is 11.3. The van der Waals surface area contributed by atoms with Crippen molar-refractivity contribution in [1.29, 1.82) is 0 Å². The van der Waals surface area contributed by atoms with Crippen LogP contribution in [0.5, 0.6) is 0 Å². The van der Waals surface area contributed by atoms with Gasteiger partial charge < -0.3 is 14.2 Å². The van der Waals surface area contributed by atoms with Gasteiger partial charge in [-0.2, -0.15) is 0 Å². The van der Waals surface area contributed by atoms with Gasteiger partial charge in [0, 0.05) is 20.6 Å². The molecule has 0 saturated carbocycles. The number of carbonyl (C=O) groups excluding carboxylic acids is 1. The Morgan fingerprint density at radius 3 is 2.35 bits per heavy atom. The average molecular weight is 339 g/mol. The zero-order valence-electron chi connectivity index (χ0n) is 15.2. The normalized spacial score (nSPS) is 14.5. The van der Waals surface area contributed by atoms with Crippen molar-refractivity contribution in [2.24, 2.45) is 0 Å². The summed E-state index contributed by atoms with van der Waals surface area (Å²) in [5.74, 6) is 2.87. The molecule has 0 spiro atoms. The Kier molecular flexibility index (Phi) is 11.4. The van der Waals surface area contributed by atoms with Crippen molar-refractivity contribution in [3.8, 4) is 11.5 Å². The molecule has 0 amide bonds. The highest BCUT2D eigenvalue weighted by molar-refractivity contribution is 6.83. The van der Waals surface area contributed by atoms with Gasteiger partial charge in [0.2, 0.25) is 0 Å². The highest BCUT2D eigenvalue weighted by Crippen LogP contribution is 2.13. The predicted molar refractivity (Wildman–Crippen MR) is 96.9 cm³/mol. The molecule has 0 aromatic heterocycles. The van der Waals surface area contributed by atoms with Crippen LogP contribution in [0.4, 0.5) is 0 Å². The van der Waals surface area contributed by atoms with Gasteiger partial charge in [0.25, 0.3) is 0 Å². The molecule has 0 bridgehead atoms. The zero-order valence-corrected chi connectivity index (χ0v) is 16.2. The lowest BCUT2D eigenvalue weighted by Crippen LogP contribution is -2.28. The van der Waals surface area contributed by atoms with Crippen LogP contribution >= 0.6 is 0 Å². The summed E-state index contributed by atoms with van der Waals surface area (Å²) in [5.41, 5.74) is 3.27. The number of hydrogen-bond donors (Lipinski definition) is 0. The first-order chi connectivity index (χ1) is 10.8. The van der Waals surface area contributed by atoms with Crippen LogP contribution < -0.4 is 0 Å². The Morgan fingerprint density at radius 2 is 1.83 bits per heavy atom. The second kappa shape index (κ2) is 12.1. The SMILES string of the molecule is COC(=O)CCCC(OC)C(/C=C/C=C/C#C[Si](C)(C)C)OC. The van der Waals surface area contributed by atoms with Crippen LogP contribution in [0.15, 0.2) is 24.3 Å². The van der Waals surface area contributed by atoms with E-state index in [2.05, 4.69) is 35.8 Å². The van der Waals surface area contributed by atoms with Gasteiger partial charge in [-0.3, -0.25) is 4.79 Å². The minimum absolute atomic E-state index is 0.0950. The molecule has 23 heavy (non-hydrogen) atoms. The van der Waals surface area contributed by atoms with Gasteiger partial charge in [-0.05, 0) is 18.9 Å². The van der Waals surface area contributed by atoms with Crippen LogP contribution in [-0.4, -0.2) is 47.6 Å². The first-order valence-electron chi connectivity index (χ1n) is 7.82. The zero-order chi connectivity index (χ0) is 17.7. The Hall–Kier alpha value is -1.35. The molecule has 5 heteroatoms. The van der Waals surface area contributed by atoms with Crippen molar-refractivity contribution < 1.29 is 19.0 Å². The van der Waals surface area contributed by atoms with Crippen molar-refractivity contribution >= 4 is 14.0 Å². The van der Waals surface area contributed by atoms with E-state index in [1.807, 2.05) is 24.3 Å². The molecule has 2 unspecified atom stereocenters. The highest BCUT2D eigenvalue weighted by atomic mass is 28.3. The van der Waals surface area contributed by atoms with Crippen LogP contribution in [0.3, 0.4) is 0 Å². The molecule has 0 rings (SSSR count). The Balaban J connectivity index is 4.46. The first kappa shape index (κ1) is 21.6. The van der Waals surface area contributed by atoms with Gasteiger partial charge in [0.05, 0.1) is 13.2 Å². The molecule has 0 aliphatic carbocycles. The van der Waals surface area contributed by atoms with Crippen molar-refractivity contribution in [2.75, 3.05) is 21.3 Å². The van der Waals surface area contributed by atoms with E-state index in [9.17, 15) is 4.79 Å². The second-order valence-corrected chi connectivity index (χ2v) is 11.0. The highest BCUT2D eigenvalue weighted by Gasteiger charge is 2.18. The molecule has 0 radical (unpaired) electrons. The van der Waals surface area contributed by atoms with E-state index in [0.717, 1.165) is 6.42 Å². The van der Waals surface area contributed by atoms with Gasteiger partial charge in [0.1, 0.15) is 14.2 Å². The Bertz CT molecular complexity index is 452. The van der Waals surface area contributed by atoms with E-state index in [1.54, 1.807) is 14.2 Å². The molecule has 130 valence electrons. The maximum Gasteiger partial charge on any atom is 0.305 e. The summed E-state index contributed by atoms with van der Waals surface area (Å²) in [6.07, 6.45) is 9.18. The number of rotatable bonds is 9. The number of hydrogen-bond acceptors (Lipinski definition) is 4. The fourth-order valence-electron chi connectivity index (χ4n) is 1.86. The Morgan fingerprint density at radius 1 is 1.13 bits per heavy atom. The molecule has 0 saturated heterocycles. The third-order valence-electron chi connectivity index (χ3n) is 3.08. The third kappa shape index (κ3) is 11.8. The molecule has 0 N–H and O–H groups in total. The lowest BCUT2D eigenvalue weighted by Gasteiger charge is -2.22. The fourth-order valence-corrected chi connectivity index (χ4v) is 2.37. The van der Waals surface area contributed by atoms with Crippen LogP contribution in [-0.2, 0) is 19.0 Å². The van der Waals surface area contributed by atoms with Crippen molar-refractivity contribution in [1.82, 2.24) is 0 Å². The lowest BCUT2D eigenvalue weighted by molar-refractivity contribution is -0.140. The standard InChI is InChI=1S/C18H30O4Si/c1-20-16(12-9-7-8-10-15-23(4,5)6)17(21-2)13-11-14-18(19)22-3/h7-9,12,16-17H,11,13-14H2,1-6H3/b8-7+,12-9+. The maximum atomic E-state index is 11.1. The van der Waals surface area contributed by atoms with Crippen LogP contribution in [0.2, 0.25) is 19.6 Å². The average Bonchev–Trinajstić information content (AvgIpc) is 2.50. The number of esters is 1. The van der Waals surface area contributed by atoms with Gasteiger partial charge in [-0.15, -0.1) is 5.54 Å². The monoisotopic (exact) mass is 338 g/mol. The van der Waals surface area contributed by atoms with E-state index in [0.29, 0.717) is 12.8 Å². The lowest BCUT2D eigenvalue weighted by atomic mass is 10.1. The fraction of sp³-hybridized carbons (Fsp3) is 0.611. The summed E-state index contributed by atoms with van der Waals surface area (Å²) in [5, 5.41) is 0. The van der Waals surface area contributed by atoms with E-state index >= 15 is 0 Å². The summed E-state index contributed by atoms with van der Waals surface area (Å²) >= 11 is 0. The van der Waals surface area contributed by atoms with E-state index < -0.39 is 8.07 Å². The number of methoxy groups -OCH3 is 3. The van der Waals surface area contributed by atoms with Crippen LogP contribution in [0.1, 0.15) is 19.3 Å². The summed E-state index contributed by atoms with van der Waals surface area (Å²) < 4.78 is 15.6. The maximum absolute atomic E-state index is 11.1. The Labute approximate surface area is 141 Å². The van der Waals surface area contributed by atoms with Crippen molar-refractivity contribution in [2.45, 2.75) is 51.1 Å². The van der Waals surface area contributed by atoms with Gasteiger partial charge in [0.15, 0.2) is 0 Å². The van der Waals surface area contributed by atoms with E-state index in [4.69, 9.17) is 9.47 Å². The molecule has 2 atom stereocenters. The van der Waals surface area contributed by atoms with Crippen LogP contribution in [0, 0.1) is 11.5 Å². The summed E-state index contributed by atoms with van der Waals surface area (Å²) in [6.45, 7) is 6.63. The number of allylic oxidation sites excluding steroid dienone is 3. The molecular formula is C18H30O4Si. The third-order valence-corrected chi connectivity index (χ3v) is 3.97. The van der Waals surface area contributed by atoms with Gasteiger partial charge in [-0.1, -0.05) is 43.8 Å². The predicted octanol–water partition coefficient (Wildman–Crippen LogP) is 3.35. The largest absolute Gasteiger partial charge is 0.469 e. The topological polar surface area (TPSA) is 44.8 Å². The molecular weight excluding hydrogens is 308 g/mol. The molecule has 4 nitrogen and oxygen atoms in total. The molecule has 0 fully saturated rings. The molecule has 0 heterocycles. The minimum Gasteiger partial charge on any atom is -0.469 e. The van der Waals surface area contributed by atoms with Crippen molar-refractivity contribution in [3.63, 3.8) is 0 Å². The molecule has 0 aromatic carbocycles. The molecule has 0 aliphatic heterocycles. The van der Waals surface area contributed by atoms with Gasteiger partial charge >= 0.3 is 5.97 Å². The summed E-state index contributed by atoms with van der Waals surface area (Å²) in [6, 6.07) is 0. The van der Waals surface area contributed by atoms with Crippen LogP contribution in [0.25, 0.3) is 0 Å². The van der Waals surface area contributed by atoms with E-state index in [1.165, 1.54) is 7.11 Å². The number of ether oxygens (including phenoxy) is 3. The van der Waals surface area contributed by atoms with Crippen molar-refractivity contribution in [3.05, 3.63) is 24.3 Å². The molecule has 0 aliphatic rings. The second-order valence-electron chi connectivity index (χ2n) is 6.21. The van der Waals surface area contributed by atoms with Gasteiger partial charge in [-0.25, -0.2) is 0 Å². The summed E-state index contributed by atoms with van der Waals surface area (Å²) in [4.78, 5) is 11.1. The summed E-state index contributed by atoms with van der Waals surface area (Å²) in [7, 11) is 3.38. The quantitative estimate of drug-likeness (QED) is 0.280. The number of carbonyl (C=O) groups is 1. The smallest absolute Gasteiger partial charge is 0.305 e.